The Labute approximate surface area is 94.1 Å². The molecule has 0 aliphatic heterocycles. The highest BCUT2D eigenvalue weighted by molar-refractivity contribution is 4.95. The molecule has 0 aromatic heterocycles. The van der Waals surface area contributed by atoms with E-state index in [9.17, 15) is 0 Å². The van der Waals surface area contributed by atoms with Gasteiger partial charge in [-0.3, -0.25) is 0 Å². The predicted octanol–water partition coefficient (Wildman–Crippen LogP) is 2.89. The Bertz CT molecular complexity index is 203. The predicted molar refractivity (Wildman–Crippen MR) is 65.1 cm³/mol. The fourth-order valence-electron chi connectivity index (χ4n) is 2.28. The van der Waals surface area contributed by atoms with Gasteiger partial charge in [-0.1, -0.05) is 5.57 Å². The number of nitrogens with one attached hydrogen (secondary N) is 1. The second-order valence-corrected chi connectivity index (χ2v) is 4.93. The van der Waals surface area contributed by atoms with Crippen LogP contribution in [0.5, 0.6) is 0 Å². The molecule has 0 aromatic carbocycles. The summed E-state index contributed by atoms with van der Waals surface area (Å²) in [5.74, 6) is 0. The Morgan fingerprint density at radius 3 is 2.53 bits per heavy atom. The fourth-order valence-corrected chi connectivity index (χ4v) is 2.28. The van der Waals surface area contributed by atoms with E-state index in [1.807, 2.05) is 14.2 Å². The first-order valence-corrected chi connectivity index (χ1v) is 5.99. The van der Waals surface area contributed by atoms with Crippen LogP contribution in [0.4, 0.5) is 0 Å². The summed E-state index contributed by atoms with van der Waals surface area (Å²) in [6.45, 7) is 6.05. The normalized spacial score (nSPS) is 20.7. The molecule has 0 bridgehead atoms. The average Bonchev–Trinajstić information content (AvgIpc) is 2.16. The van der Waals surface area contributed by atoms with Gasteiger partial charge in [-0.15, -0.1) is 6.58 Å². The van der Waals surface area contributed by atoms with Crippen LogP contribution in [-0.2, 0) is 4.74 Å². The SMILES string of the molecule is C=C(C)CCC(CC1(OC)CCC1)NC. The van der Waals surface area contributed by atoms with Crippen molar-refractivity contribution in [3.8, 4) is 0 Å². The molecule has 0 aromatic rings. The van der Waals surface area contributed by atoms with Gasteiger partial charge in [-0.2, -0.15) is 0 Å². The van der Waals surface area contributed by atoms with Gasteiger partial charge >= 0.3 is 0 Å². The van der Waals surface area contributed by atoms with Crippen molar-refractivity contribution in [2.75, 3.05) is 14.2 Å². The molecule has 1 fully saturated rings. The molecule has 1 aliphatic rings. The lowest BCUT2D eigenvalue weighted by Gasteiger charge is -2.42. The molecule has 1 saturated carbocycles. The van der Waals surface area contributed by atoms with E-state index in [0.717, 1.165) is 12.8 Å². The Morgan fingerprint density at radius 1 is 1.53 bits per heavy atom. The highest BCUT2D eigenvalue weighted by Crippen LogP contribution is 2.39. The van der Waals surface area contributed by atoms with E-state index in [2.05, 4.69) is 18.8 Å². The van der Waals surface area contributed by atoms with Crippen molar-refractivity contribution in [2.24, 2.45) is 0 Å². The van der Waals surface area contributed by atoms with Crippen LogP contribution in [0.15, 0.2) is 12.2 Å². The quantitative estimate of drug-likeness (QED) is 0.654. The maximum Gasteiger partial charge on any atom is 0.0693 e. The minimum absolute atomic E-state index is 0.183. The van der Waals surface area contributed by atoms with Crippen LogP contribution in [0, 0.1) is 0 Å². The van der Waals surface area contributed by atoms with Crippen LogP contribution in [0.25, 0.3) is 0 Å². The van der Waals surface area contributed by atoms with E-state index < -0.39 is 0 Å². The van der Waals surface area contributed by atoms with Gasteiger partial charge in [0.05, 0.1) is 5.60 Å². The van der Waals surface area contributed by atoms with Gasteiger partial charge in [0.15, 0.2) is 0 Å². The highest BCUT2D eigenvalue weighted by Gasteiger charge is 2.38. The van der Waals surface area contributed by atoms with Crippen molar-refractivity contribution in [3.63, 3.8) is 0 Å². The van der Waals surface area contributed by atoms with Crippen molar-refractivity contribution in [1.82, 2.24) is 5.32 Å². The molecule has 15 heavy (non-hydrogen) atoms. The largest absolute Gasteiger partial charge is 0.378 e. The van der Waals surface area contributed by atoms with Crippen LogP contribution >= 0.6 is 0 Å². The van der Waals surface area contributed by atoms with Crippen molar-refractivity contribution >= 4 is 0 Å². The van der Waals surface area contributed by atoms with Gasteiger partial charge in [0.1, 0.15) is 0 Å². The molecule has 0 heterocycles. The zero-order valence-electron chi connectivity index (χ0n) is 10.4. The molecule has 1 aliphatic carbocycles. The fraction of sp³-hybridized carbons (Fsp3) is 0.846. The maximum atomic E-state index is 5.65. The summed E-state index contributed by atoms with van der Waals surface area (Å²) in [6.07, 6.45) is 7.23. The molecule has 2 nitrogen and oxygen atoms in total. The molecule has 0 spiro atoms. The van der Waals surface area contributed by atoms with Crippen molar-refractivity contribution in [1.29, 1.82) is 0 Å². The Kier molecular flexibility index (Phi) is 4.81. The minimum Gasteiger partial charge on any atom is -0.378 e. The summed E-state index contributed by atoms with van der Waals surface area (Å²) in [5, 5.41) is 3.39. The van der Waals surface area contributed by atoms with E-state index >= 15 is 0 Å². The first-order chi connectivity index (χ1) is 7.12. The lowest BCUT2D eigenvalue weighted by Crippen LogP contribution is -2.45. The van der Waals surface area contributed by atoms with Gasteiger partial charge in [0, 0.05) is 13.2 Å². The first kappa shape index (κ1) is 12.7. The molecule has 1 atom stereocenters. The Hall–Kier alpha value is -0.340. The number of allylic oxidation sites excluding steroid dienone is 1. The molecule has 1 N–H and O–H groups in total. The summed E-state index contributed by atoms with van der Waals surface area (Å²) in [4.78, 5) is 0. The van der Waals surface area contributed by atoms with Crippen LogP contribution in [-0.4, -0.2) is 25.8 Å². The summed E-state index contributed by atoms with van der Waals surface area (Å²) >= 11 is 0. The van der Waals surface area contributed by atoms with E-state index in [1.54, 1.807) is 0 Å². The molecule has 0 radical (unpaired) electrons. The maximum absolute atomic E-state index is 5.65. The van der Waals surface area contributed by atoms with Crippen LogP contribution in [0.2, 0.25) is 0 Å². The Balaban J connectivity index is 2.35. The third kappa shape index (κ3) is 3.62. The molecule has 0 saturated heterocycles. The molecular formula is C13H25NO. The third-order valence-corrected chi connectivity index (χ3v) is 3.64. The minimum atomic E-state index is 0.183. The van der Waals surface area contributed by atoms with E-state index in [0.29, 0.717) is 6.04 Å². The van der Waals surface area contributed by atoms with Gasteiger partial charge in [0.25, 0.3) is 0 Å². The second kappa shape index (κ2) is 5.66. The first-order valence-electron chi connectivity index (χ1n) is 5.99. The molecular weight excluding hydrogens is 186 g/mol. The lowest BCUT2D eigenvalue weighted by molar-refractivity contribution is -0.0834. The summed E-state index contributed by atoms with van der Waals surface area (Å²) in [5.41, 5.74) is 1.46. The molecule has 88 valence electrons. The van der Waals surface area contributed by atoms with Gasteiger partial charge in [-0.25, -0.2) is 0 Å². The van der Waals surface area contributed by atoms with Crippen molar-refractivity contribution in [2.45, 2.75) is 57.1 Å². The standard InChI is InChI=1S/C13H25NO/c1-11(2)6-7-12(14-3)10-13(15-4)8-5-9-13/h12,14H,1,5-10H2,2-4H3. The van der Waals surface area contributed by atoms with Gasteiger partial charge in [-0.05, 0) is 52.5 Å². The van der Waals surface area contributed by atoms with Gasteiger partial charge < -0.3 is 10.1 Å². The topological polar surface area (TPSA) is 21.3 Å². The molecule has 1 rings (SSSR count). The monoisotopic (exact) mass is 211 g/mol. The number of ether oxygens (including phenoxy) is 1. The zero-order chi connectivity index (χ0) is 11.3. The van der Waals surface area contributed by atoms with Crippen LogP contribution < -0.4 is 5.32 Å². The summed E-state index contributed by atoms with van der Waals surface area (Å²) in [7, 11) is 3.90. The number of rotatable bonds is 7. The van der Waals surface area contributed by atoms with Crippen molar-refractivity contribution in [3.05, 3.63) is 12.2 Å². The average molecular weight is 211 g/mol. The molecule has 2 heteroatoms. The number of methoxy groups -OCH3 is 1. The lowest BCUT2D eigenvalue weighted by atomic mass is 9.75. The van der Waals surface area contributed by atoms with Crippen molar-refractivity contribution < 1.29 is 4.74 Å². The third-order valence-electron chi connectivity index (χ3n) is 3.64. The summed E-state index contributed by atoms with van der Waals surface area (Å²) < 4.78 is 5.65. The number of hydrogen-bond donors (Lipinski definition) is 1. The smallest absolute Gasteiger partial charge is 0.0693 e. The van der Waals surface area contributed by atoms with E-state index in [-0.39, 0.29) is 5.60 Å². The van der Waals surface area contributed by atoms with E-state index in [1.165, 1.54) is 31.3 Å². The van der Waals surface area contributed by atoms with E-state index in [4.69, 9.17) is 4.74 Å². The summed E-state index contributed by atoms with van der Waals surface area (Å²) in [6, 6.07) is 0.571. The van der Waals surface area contributed by atoms with Crippen LogP contribution in [0.3, 0.4) is 0 Å². The number of hydrogen-bond acceptors (Lipinski definition) is 2. The molecule has 0 amide bonds. The zero-order valence-corrected chi connectivity index (χ0v) is 10.4. The van der Waals surface area contributed by atoms with Crippen LogP contribution in [0.1, 0.15) is 45.4 Å². The molecule has 1 unspecified atom stereocenters. The second-order valence-electron chi connectivity index (χ2n) is 4.93. The Morgan fingerprint density at radius 2 is 2.20 bits per heavy atom. The van der Waals surface area contributed by atoms with Gasteiger partial charge in [0.2, 0.25) is 0 Å². The highest BCUT2D eigenvalue weighted by atomic mass is 16.5.